The van der Waals surface area contributed by atoms with Crippen molar-refractivity contribution in [2.45, 2.75) is 0 Å². The van der Waals surface area contributed by atoms with Gasteiger partial charge in [-0.05, 0) is 24.3 Å². The van der Waals surface area contributed by atoms with Gasteiger partial charge >= 0.3 is 0 Å². The molecule has 0 aliphatic heterocycles. The van der Waals surface area contributed by atoms with E-state index in [4.69, 9.17) is 4.42 Å². The molecule has 0 fully saturated rings. The molecular weight excluding hydrogens is 252 g/mol. The highest BCUT2D eigenvalue weighted by Gasteiger charge is 2.14. The van der Waals surface area contributed by atoms with Crippen molar-refractivity contribution in [2.75, 3.05) is 0 Å². The van der Waals surface area contributed by atoms with Crippen LogP contribution in [-0.2, 0) is 0 Å². The molecule has 0 atom stereocenters. The zero-order valence-electron chi connectivity index (χ0n) is 9.55. The summed E-state index contributed by atoms with van der Waals surface area (Å²) in [5, 5.41) is 7.56. The van der Waals surface area contributed by atoms with Gasteiger partial charge in [0.05, 0.1) is 11.1 Å². The molecule has 4 nitrogen and oxygen atoms in total. The minimum Gasteiger partial charge on any atom is -0.416 e. The van der Waals surface area contributed by atoms with E-state index in [-0.39, 0.29) is 17.3 Å². The highest BCUT2D eigenvalue weighted by Crippen LogP contribution is 2.25. The van der Waals surface area contributed by atoms with Crippen LogP contribution in [-0.4, -0.2) is 15.2 Å². The van der Waals surface area contributed by atoms with Crippen molar-refractivity contribution in [2.24, 2.45) is 0 Å². The second kappa shape index (κ2) is 4.56. The summed E-state index contributed by atoms with van der Waals surface area (Å²) in [4.78, 5) is 3.92. The summed E-state index contributed by atoms with van der Waals surface area (Å²) in [5.74, 6) is -1.18. The van der Waals surface area contributed by atoms with Crippen LogP contribution in [0.15, 0.2) is 47.1 Å². The van der Waals surface area contributed by atoms with Gasteiger partial charge in [-0.3, -0.25) is 4.98 Å². The number of halogens is 2. The van der Waals surface area contributed by atoms with Crippen molar-refractivity contribution in [3.05, 3.63) is 54.4 Å². The Balaban J connectivity index is 2.02. The molecule has 0 unspecified atom stereocenters. The summed E-state index contributed by atoms with van der Waals surface area (Å²) >= 11 is 0. The van der Waals surface area contributed by atoms with Crippen LogP contribution in [0.2, 0.25) is 0 Å². The minimum atomic E-state index is -0.749. The molecule has 0 bridgehead atoms. The van der Waals surface area contributed by atoms with Gasteiger partial charge in [-0.2, -0.15) is 0 Å². The van der Waals surface area contributed by atoms with E-state index >= 15 is 0 Å². The predicted molar refractivity (Wildman–Crippen MR) is 62.9 cm³/mol. The molecule has 0 aliphatic rings. The van der Waals surface area contributed by atoms with Gasteiger partial charge < -0.3 is 4.42 Å². The Morgan fingerprint density at radius 1 is 1.00 bits per heavy atom. The van der Waals surface area contributed by atoms with Crippen LogP contribution in [0.4, 0.5) is 8.78 Å². The van der Waals surface area contributed by atoms with Crippen LogP contribution in [0.1, 0.15) is 0 Å². The van der Waals surface area contributed by atoms with E-state index in [9.17, 15) is 8.78 Å². The normalized spacial score (nSPS) is 10.6. The van der Waals surface area contributed by atoms with Crippen molar-refractivity contribution < 1.29 is 13.2 Å². The van der Waals surface area contributed by atoms with Gasteiger partial charge in [-0.15, -0.1) is 10.2 Å². The van der Waals surface area contributed by atoms with Gasteiger partial charge in [0.1, 0.15) is 11.6 Å². The molecule has 0 N–H and O–H groups in total. The highest BCUT2D eigenvalue weighted by molar-refractivity contribution is 5.57. The zero-order chi connectivity index (χ0) is 13.2. The maximum atomic E-state index is 13.6. The van der Waals surface area contributed by atoms with Gasteiger partial charge in [0.25, 0.3) is 5.89 Å². The lowest BCUT2D eigenvalue weighted by Crippen LogP contribution is -1.86. The van der Waals surface area contributed by atoms with Crippen LogP contribution in [0, 0.1) is 11.6 Å². The lowest BCUT2D eigenvalue weighted by Gasteiger charge is -1.97. The Hall–Kier alpha value is -2.63. The first-order valence-electron chi connectivity index (χ1n) is 5.43. The molecule has 6 heteroatoms. The average Bonchev–Trinajstić information content (AvgIpc) is 2.89. The third kappa shape index (κ3) is 2.20. The molecule has 3 rings (SSSR count). The lowest BCUT2D eigenvalue weighted by atomic mass is 10.2. The number of nitrogens with zero attached hydrogens (tertiary/aromatic N) is 3. The second-order valence-electron chi connectivity index (χ2n) is 3.78. The monoisotopic (exact) mass is 259 g/mol. The Morgan fingerprint density at radius 3 is 2.58 bits per heavy atom. The molecule has 0 saturated heterocycles. The quantitative estimate of drug-likeness (QED) is 0.709. The van der Waals surface area contributed by atoms with Gasteiger partial charge in [-0.25, -0.2) is 8.78 Å². The van der Waals surface area contributed by atoms with Crippen LogP contribution < -0.4 is 0 Å². The summed E-state index contributed by atoms with van der Waals surface area (Å²) in [6.45, 7) is 0. The lowest BCUT2D eigenvalue weighted by molar-refractivity contribution is 0.560. The Bertz CT molecular complexity index is 713. The molecule has 0 aliphatic carbocycles. The maximum absolute atomic E-state index is 13.6. The van der Waals surface area contributed by atoms with E-state index in [0.29, 0.717) is 5.56 Å². The molecule has 2 aromatic heterocycles. The van der Waals surface area contributed by atoms with Gasteiger partial charge in [0.15, 0.2) is 0 Å². The summed E-state index contributed by atoms with van der Waals surface area (Å²) in [6.07, 6.45) is 3.17. The first kappa shape index (κ1) is 11.5. The van der Waals surface area contributed by atoms with E-state index in [2.05, 4.69) is 15.2 Å². The van der Waals surface area contributed by atoms with Crippen LogP contribution in [0.3, 0.4) is 0 Å². The fourth-order valence-electron chi connectivity index (χ4n) is 1.60. The summed E-state index contributed by atoms with van der Waals surface area (Å²) < 4.78 is 31.7. The molecule has 94 valence electrons. The first-order valence-corrected chi connectivity index (χ1v) is 5.43. The van der Waals surface area contributed by atoms with Gasteiger partial charge in [-0.1, -0.05) is 0 Å². The fraction of sp³-hybridized carbons (Fsp3) is 0. The third-order valence-corrected chi connectivity index (χ3v) is 2.50. The number of aromatic nitrogens is 3. The largest absolute Gasteiger partial charge is 0.416 e. The molecule has 1 aromatic carbocycles. The van der Waals surface area contributed by atoms with Crippen molar-refractivity contribution >= 4 is 0 Å². The fourth-order valence-corrected chi connectivity index (χ4v) is 1.60. The molecule has 3 aromatic rings. The predicted octanol–water partition coefficient (Wildman–Crippen LogP) is 3.08. The summed E-state index contributed by atoms with van der Waals surface area (Å²) in [6, 6.07) is 6.61. The van der Waals surface area contributed by atoms with E-state index in [1.54, 1.807) is 24.5 Å². The zero-order valence-corrected chi connectivity index (χ0v) is 9.55. The van der Waals surface area contributed by atoms with Crippen molar-refractivity contribution in [3.8, 4) is 22.9 Å². The third-order valence-electron chi connectivity index (χ3n) is 2.50. The number of benzene rings is 1. The number of hydrogen-bond donors (Lipinski definition) is 0. The summed E-state index contributed by atoms with van der Waals surface area (Å²) in [5.41, 5.74) is 0.688. The number of hydrogen-bond acceptors (Lipinski definition) is 4. The summed E-state index contributed by atoms with van der Waals surface area (Å²) in [7, 11) is 0. The Morgan fingerprint density at radius 2 is 1.84 bits per heavy atom. The van der Waals surface area contributed by atoms with E-state index < -0.39 is 11.6 Å². The van der Waals surface area contributed by atoms with E-state index in [1.165, 1.54) is 6.07 Å². The van der Waals surface area contributed by atoms with Crippen molar-refractivity contribution in [1.82, 2.24) is 15.2 Å². The molecule has 2 heterocycles. The van der Waals surface area contributed by atoms with Crippen molar-refractivity contribution in [1.29, 1.82) is 0 Å². The van der Waals surface area contributed by atoms with Crippen LogP contribution >= 0.6 is 0 Å². The Labute approximate surface area is 106 Å². The molecule has 0 radical (unpaired) electrons. The van der Waals surface area contributed by atoms with Crippen molar-refractivity contribution in [3.63, 3.8) is 0 Å². The molecule has 0 saturated carbocycles. The smallest absolute Gasteiger partial charge is 0.251 e. The maximum Gasteiger partial charge on any atom is 0.251 e. The number of pyridine rings is 1. The van der Waals surface area contributed by atoms with E-state index in [0.717, 1.165) is 12.1 Å². The van der Waals surface area contributed by atoms with Gasteiger partial charge in [0.2, 0.25) is 5.89 Å². The topological polar surface area (TPSA) is 51.8 Å². The standard InChI is InChI=1S/C13H7F2N3O/c14-9-3-4-10(11(15)6-9)13-18-17-12(19-13)8-2-1-5-16-7-8/h1-7H. The van der Waals surface area contributed by atoms with Crippen LogP contribution in [0.25, 0.3) is 22.9 Å². The molecule has 0 amide bonds. The highest BCUT2D eigenvalue weighted by atomic mass is 19.1. The van der Waals surface area contributed by atoms with Crippen LogP contribution in [0.5, 0.6) is 0 Å². The minimum absolute atomic E-state index is 0.00338. The second-order valence-corrected chi connectivity index (χ2v) is 3.78. The SMILES string of the molecule is Fc1ccc(-c2nnc(-c3cccnc3)o2)c(F)c1. The average molecular weight is 259 g/mol. The molecule has 0 spiro atoms. The molecular formula is C13H7F2N3O. The Kier molecular flexibility index (Phi) is 2.75. The van der Waals surface area contributed by atoms with E-state index in [1.807, 2.05) is 0 Å². The number of rotatable bonds is 2. The van der Waals surface area contributed by atoms with Gasteiger partial charge in [0, 0.05) is 18.5 Å². The molecule has 19 heavy (non-hydrogen) atoms. The first-order chi connectivity index (χ1) is 9.24.